The lowest BCUT2D eigenvalue weighted by atomic mass is 10.3. The Morgan fingerprint density at radius 3 is 1.47 bits per heavy atom. The lowest BCUT2D eigenvalue weighted by molar-refractivity contribution is 0.221. The predicted octanol–water partition coefficient (Wildman–Crippen LogP) is 6.63. The highest BCUT2D eigenvalue weighted by molar-refractivity contribution is 7.42. The van der Waals surface area contributed by atoms with Crippen LogP contribution in [0, 0.1) is 0 Å². The topological polar surface area (TPSA) is 27.7 Å². The van der Waals surface area contributed by atoms with Crippen molar-refractivity contribution in [3.05, 3.63) is 25.1 Å². The average Bonchev–Trinajstić information content (AvgIpc) is 2.39. The SMILES string of the molecule is CCOP(OCC)Oc1c(Cl)c(Cl)c(Cl)c(Cl)c1Cl. The lowest BCUT2D eigenvalue weighted by Gasteiger charge is -2.18. The van der Waals surface area contributed by atoms with Crippen LogP contribution in [-0.4, -0.2) is 13.2 Å². The molecule has 0 N–H and O–H groups in total. The maximum Gasteiger partial charge on any atom is 0.397 e. The Kier molecular flexibility index (Phi) is 7.81. The molecule has 108 valence electrons. The summed E-state index contributed by atoms with van der Waals surface area (Å²) >= 11 is 29.8. The molecule has 9 heteroatoms. The minimum absolute atomic E-state index is 0.0629. The van der Waals surface area contributed by atoms with E-state index in [-0.39, 0.29) is 30.9 Å². The summed E-state index contributed by atoms with van der Waals surface area (Å²) in [5.74, 6) is 0.0933. The van der Waals surface area contributed by atoms with E-state index in [9.17, 15) is 0 Å². The highest BCUT2D eigenvalue weighted by Crippen LogP contribution is 2.52. The Bertz CT molecular complexity index is 422. The van der Waals surface area contributed by atoms with Crippen LogP contribution in [-0.2, 0) is 9.05 Å². The van der Waals surface area contributed by atoms with Crippen molar-refractivity contribution in [2.75, 3.05) is 13.2 Å². The van der Waals surface area contributed by atoms with E-state index in [1.165, 1.54) is 0 Å². The summed E-state index contributed by atoms with van der Waals surface area (Å²) in [5, 5.41) is 0.329. The summed E-state index contributed by atoms with van der Waals surface area (Å²) in [6.07, 6.45) is 0. The van der Waals surface area contributed by atoms with Gasteiger partial charge in [0, 0.05) is 0 Å². The zero-order valence-electron chi connectivity index (χ0n) is 9.98. The van der Waals surface area contributed by atoms with Crippen LogP contribution >= 0.6 is 66.6 Å². The first-order valence-electron chi connectivity index (χ1n) is 5.19. The fourth-order valence-corrected chi connectivity index (χ4v) is 3.28. The molecule has 0 unspecified atom stereocenters. The molecule has 0 aliphatic rings. The molecule has 0 spiro atoms. The van der Waals surface area contributed by atoms with Gasteiger partial charge in [0.1, 0.15) is 10.0 Å². The van der Waals surface area contributed by atoms with E-state index >= 15 is 0 Å². The molecule has 1 aromatic carbocycles. The molecule has 0 amide bonds. The highest BCUT2D eigenvalue weighted by Gasteiger charge is 2.24. The molecule has 1 aromatic rings. The molecular formula is C10H10Cl5O3P. The van der Waals surface area contributed by atoms with Gasteiger partial charge in [-0.1, -0.05) is 58.0 Å². The molecule has 0 aliphatic heterocycles. The van der Waals surface area contributed by atoms with Gasteiger partial charge in [-0.3, -0.25) is 0 Å². The third-order valence-corrected chi connectivity index (χ3v) is 5.32. The first-order chi connectivity index (χ1) is 8.93. The van der Waals surface area contributed by atoms with E-state index in [1.54, 1.807) is 0 Å². The van der Waals surface area contributed by atoms with E-state index in [4.69, 9.17) is 71.6 Å². The molecule has 1 rings (SSSR count). The van der Waals surface area contributed by atoms with Gasteiger partial charge in [-0.15, -0.1) is 0 Å². The Morgan fingerprint density at radius 1 is 0.737 bits per heavy atom. The second-order valence-corrected chi connectivity index (χ2v) is 6.09. The zero-order valence-corrected chi connectivity index (χ0v) is 14.7. The summed E-state index contributed by atoms with van der Waals surface area (Å²) in [5.41, 5.74) is 0. The van der Waals surface area contributed by atoms with Crippen LogP contribution in [0.4, 0.5) is 0 Å². The van der Waals surface area contributed by atoms with Gasteiger partial charge >= 0.3 is 8.60 Å². The van der Waals surface area contributed by atoms with Crippen LogP contribution in [0.3, 0.4) is 0 Å². The molecule has 0 heterocycles. The van der Waals surface area contributed by atoms with Gasteiger partial charge in [-0.25, -0.2) is 0 Å². The van der Waals surface area contributed by atoms with Crippen molar-refractivity contribution in [3.8, 4) is 5.75 Å². The van der Waals surface area contributed by atoms with Gasteiger partial charge in [0.05, 0.1) is 28.3 Å². The molecule has 0 radical (unpaired) electrons. The smallest absolute Gasteiger partial charge is 0.397 e. The Balaban J connectivity index is 3.12. The minimum atomic E-state index is -1.63. The highest BCUT2D eigenvalue weighted by atomic mass is 35.5. The van der Waals surface area contributed by atoms with E-state index in [2.05, 4.69) is 0 Å². The van der Waals surface area contributed by atoms with Crippen LogP contribution in [0.2, 0.25) is 25.1 Å². The molecule has 3 nitrogen and oxygen atoms in total. The van der Waals surface area contributed by atoms with E-state index in [1.807, 2.05) is 13.8 Å². The molecule has 0 atom stereocenters. The first kappa shape index (κ1) is 17.9. The fraction of sp³-hybridized carbons (Fsp3) is 0.400. The summed E-state index contributed by atoms with van der Waals surface area (Å²) < 4.78 is 16.1. The van der Waals surface area contributed by atoms with Gasteiger partial charge in [-0.05, 0) is 13.8 Å². The quantitative estimate of drug-likeness (QED) is 0.312. The predicted molar refractivity (Wildman–Crippen MR) is 82.3 cm³/mol. The average molecular weight is 386 g/mol. The Hall–Kier alpha value is 0.820. The molecule has 0 saturated carbocycles. The summed E-state index contributed by atoms with van der Waals surface area (Å²) in [7, 11) is -1.63. The molecule has 19 heavy (non-hydrogen) atoms. The van der Waals surface area contributed by atoms with Crippen molar-refractivity contribution in [2.45, 2.75) is 13.8 Å². The van der Waals surface area contributed by atoms with Crippen molar-refractivity contribution in [1.82, 2.24) is 0 Å². The maximum atomic E-state index is 6.03. The Labute approximate surface area is 138 Å². The standard InChI is InChI=1S/C10H10Cl5O3P/c1-3-16-19(17-4-2)18-10-8(14)6(12)5(11)7(13)9(10)15/h3-4H2,1-2H3. The number of rotatable bonds is 6. The largest absolute Gasteiger partial charge is 0.423 e. The van der Waals surface area contributed by atoms with Crippen molar-refractivity contribution in [3.63, 3.8) is 0 Å². The summed E-state index contributed by atoms with van der Waals surface area (Å²) in [6.45, 7) is 4.44. The van der Waals surface area contributed by atoms with Crippen LogP contribution in [0.5, 0.6) is 5.75 Å². The third-order valence-electron chi connectivity index (χ3n) is 1.80. The van der Waals surface area contributed by atoms with Crippen molar-refractivity contribution < 1.29 is 13.6 Å². The van der Waals surface area contributed by atoms with E-state index in [0.717, 1.165) is 0 Å². The molecular weight excluding hydrogens is 376 g/mol. The number of hydrogen-bond donors (Lipinski definition) is 0. The normalized spacial score (nSPS) is 11.2. The van der Waals surface area contributed by atoms with Crippen LogP contribution < -0.4 is 4.52 Å². The molecule has 0 fully saturated rings. The second kappa shape index (κ2) is 8.31. The van der Waals surface area contributed by atoms with Crippen LogP contribution in [0.1, 0.15) is 13.8 Å². The van der Waals surface area contributed by atoms with E-state index < -0.39 is 8.60 Å². The third kappa shape index (κ3) is 4.39. The zero-order chi connectivity index (χ0) is 14.6. The van der Waals surface area contributed by atoms with Gasteiger partial charge < -0.3 is 13.6 Å². The summed E-state index contributed by atoms with van der Waals surface area (Å²) in [6, 6.07) is 0. The van der Waals surface area contributed by atoms with E-state index in [0.29, 0.717) is 13.2 Å². The number of hydrogen-bond acceptors (Lipinski definition) is 3. The maximum absolute atomic E-state index is 6.03. The first-order valence-corrected chi connectivity index (χ1v) is 8.17. The molecule has 0 saturated heterocycles. The molecule has 0 aliphatic carbocycles. The van der Waals surface area contributed by atoms with Crippen LogP contribution in [0.15, 0.2) is 0 Å². The second-order valence-electron chi connectivity index (χ2n) is 3.05. The van der Waals surface area contributed by atoms with Gasteiger partial charge in [0.2, 0.25) is 0 Å². The fourth-order valence-electron chi connectivity index (χ4n) is 1.04. The van der Waals surface area contributed by atoms with Gasteiger partial charge in [0.15, 0.2) is 5.75 Å². The lowest BCUT2D eigenvalue weighted by Crippen LogP contribution is -1.99. The molecule has 0 bridgehead atoms. The molecule has 0 aromatic heterocycles. The van der Waals surface area contributed by atoms with Crippen molar-refractivity contribution >= 4 is 66.6 Å². The van der Waals surface area contributed by atoms with Crippen LogP contribution in [0.25, 0.3) is 0 Å². The monoisotopic (exact) mass is 384 g/mol. The summed E-state index contributed by atoms with van der Waals surface area (Å²) in [4.78, 5) is 0. The van der Waals surface area contributed by atoms with Gasteiger partial charge in [0.25, 0.3) is 0 Å². The number of halogens is 5. The van der Waals surface area contributed by atoms with Gasteiger partial charge in [-0.2, -0.15) is 0 Å². The Morgan fingerprint density at radius 2 is 1.11 bits per heavy atom. The van der Waals surface area contributed by atoms with Crippen molar-refractivity contribution in [2.24, 2.45) is 0 Å². The number of benzene rings is 1. The van der Waals surface area contributed by atoms with Crippen molar-refractivity contribution in [1.29, 1.82) is 0 Å². The minimum Gasteiger partial charge on any atom is -0.423 e.